The van der Waals surface area contributed by atoms with Crippen molar-refractivity contribution in [1.82, 2.24) is 4.98 Å². The molecule has 0 amide bonds. The lowest BCUT2D eigenvalue weighted by atomic mass is 10.0. The van der Waals surface area contributed by atoms with Gasteiger partial charge in [0.1, 0.15) is 11.5 Å². The molecule has 1 aromatic heterocycles. The zero-order valence-electron chi connectivity index (χ0n) is 17.5. The van der Waals surface area contributed by atoms with Crippen LogP contribution in [0.3, 0.4) is 0 Å². The van der Waals surface area contributed by atoms with Crippen LogP contribution in [0.1, 0.15) is 16.8 Å². The summed E-state index contributed by atoms with van der Waals surface area (Å²) in [4.78, 5) is 6.37. The van der Waals surface area contributed by atoms with Gasteiger partial charge in [-0.05, 0) is 64.7 Å². The summed E-state index contributed by atoms with van der Waals surface area (Å²) >= 11 is 1.92. The van der Waals surface area contributed by atoms with E-state index in [4.69, 9.17) is 9.72 Å². The maximum absolute atomic E-state index is 6.07. The summed E-state index contributed by atoms with van der Waals surface area (Å²) in [5.41, 5.74) is 4.64. The summed E-state index contributed by atoms with van der Waals surface area (Å²) in [6, 6.07) is 31.1. The van der Waals surface area contributed by atoms with Crippen LogP contribution < -0.4 is 4.74 Å². The van der Waals surface area contributed by atoms with E-state index in [1.54, 1.807) is 0 Å². The molecule has 0 aliphatic carbocycles. The molecule has 2 heterocycles. The third-order valence-electron chi connectivity index (χ3n) is 5.86. The first-order chi connectivity index (χ1) is 15.8. The van der Waals surface area contributed by atoms with E-state index in [9.17, 15) is 0 Å². The molecular formula is C29H21NOS. The molecule has 1 aliphatic rings. The molecule has 0 spiro atoms. The van der Waals surface area contributed by atoms with Gasteiger partial charge >= 0.3 is 0 Å². The number of hydrogen-bond donors (Lipinski definition) is 0. The molecule has 0 atom stereocenters. The molecule has 0 radical (unpaired) electrons. The van der Waals surface area contributed by atoms with Crippen LogP contribution in [-0.2, 0) is 6.42 Å². The Bertz CT molecular complexity index is 1470. The van der Waals surface area contributed by atoms with Gasteiger partial charge in [0.25, 0.3) is 0 Å². The number of aromatic nitrogens is 1. The topological polar surface area (TPSA) is 22.1 Å². The minimum absolute atomic E-state index is 0.846. The molecule has 0 saturated carbocycles. The second-order valence-electron chi connectivity index (χ2n) is 7.90. The number of fused-ring (bicyclic) bond motifs is 4. The van der Waals surface area contributed by atoms with Crippen molar-refractivity contribution >= 4 is 45.6 Å². The van der Waals surface area contributed by atoms with Crippen molar-refractivity contribution in [2.24, 2.45) is 0 Å². The van der Waals surface area contributed by atoms with Gasteiger partial charge in [-0.1, -0.05) is 66.7 Å². The van der Waals surface area contributed by atoms with Gasteiger partial charge in [0.2, 0.25) is 0 Å². The van der Waals surface area contributed by atoms with Crippen LogP contribution in [0.5, 0.6) is 11.5 Å². The predicted molar refractivity (Wildman–Crippen MR) is 136 cm³/mol. The molecule has 32 heavy (non-hydrogen) atoms. The van der Waals surface area contributed by atoms with Crippen molar-refractivity contribution in [1.29, 1.82) is 0 Å². The Hall–Kier alpha value is -3.56. The highest BCUT2D eigenvalue weighted by Crippen LogP contribution is 2.40. The molecule has 2 nitrogen and oxygen atoms in total. The molecule has 0 saturated heterocycles. The van der Waals surface area contributed by atoms with Crippen LogP contribution in [0.4, 0.5) is 0 Å². The second kappa shape index (κ2) is 8.18. The zero-order chi connectivity index (χ0) is 21.3. The molecule has 1 aliphatic heterocycles. The highest BCUT2D eigenvalue weighted by atomic mass is 32.2. The van der Waals surface area contributed by atoms with E-state index in [2.05, 4.69) is 66.7 Å². The van der Waals surface area contributed by atoms with Crippen LogP contribution in [0.15, 0.2) is 95.9 Å². The molecule has 0 N–H and O–H groups in total. The molecule has 0 bridgehead atoms. The van der Waals surface area contributed by atoms with Gasteiger partial charge in [0.05, 0.1) is 11.2 Å². The predicted octanol–water partition coefficient (Wildman–Crippen LogP) is 8.00. The van der Waals surface area contributed by atoms with Crippen LogP contribution in [0, 0.1) is 0 Å². The average molecular weight is 432 g/mol. The minimum Gasteiger partial charge on any atom is -0.457 e. The minimum atomic E-state index is 0.846. The van der Waals surface area contributed by atoms with E-state index in [0.717, 1.165) is 34.9 Å². The average Bonchev–Trinajstić information content (AvgIpc) is 3.34. The Labute approximate surface area is 191 Å². The number of pyridine rings is 1. The van der Waals surface area contributed by atoms with Crippen LogP contribution in [0.2, 0.25) is 0 Å². The maximum atomic E-state index is 6.07. The molecule has 5 aromatic rings. The Kier molecular flexibility index (Phi) is 4.89. The van der Waals surface area contributed by atoms with Crippen molar-refractivity contribution in [2.45, 2.75) is 11.3 Å². The van der Waals surface area contributed by atoms with Gasteiger partial charge in [-0.2, -0.15) is 0 Å². The summed E-state index contributed by atoms with van der Waals surface area (Å²) < 4.78 is 6.07. The SMILES string of the molecule is C(=C\c1cccc2ccccc12)/c1nc2ccc(Oc3ccccc3)cc2c2c1CCS2. The second-order valence-corrected chi connectivity index (χ2v) is 9.00. The zero-order valence-corrected chi connectivity index (χ0v) is 18.3. The van der Waals surface area contributed by atoms with E-state index in [1.807, 2.05) is 48.2 Å². The number of rotatable bonds is 4. The summed E-state index contributed by atoms with van der Waals surface area (Å²) in [6.07, 6.45) is 5.43. The number of ether oxygens (including phenoxy) is 1. The molecule has 3 heteroatoms. The Morgan fingerprint density at radius 3 is 2.53 bits per heavy atom. The van der Waals surface area contributed by atoms with Crippen molar-refractivity contribution in [3.8, 4) is 11.5 Å². The first-order valence-electron chi connectivity index (χ1n) is 10.8. The van der Waals surface area contributed by atoms with Crippen molar-refractivity contribution in [3.63, 3.8) is 0 Å². The molecule has 0 fully saturated rings. The van der Waals surface area contributed by atoms with E-state index in [1.165, 1.54) is 32.2 Å². The summed E-state index contributed by atoms with van der Waals surface area (Å²) in [5, 5.41) is 3.70. The Morgan fingerprint density at radius 1 is 0.750 bits per heavy atom. The quantitative estimate of drug-likeness (QED) is 0.288. The summed E-state index contributed by atoms with van der Waals surface area (Å²) in [6.45, 7) is 0. The van der Waals surface area contributed by atoms with Gasteiger partial charge in [-0.3, -0.25) is 0 Å². The van der Waals surface area contributed by atoms with Gasteiger partial charge < -0.3 is 4.74 Å². The monoisotopic (exact) mass is 431 g/mol. The molecular weight excluding hydrogens is 410 g/mol. The van der Waals surface area contributed by atoms with Gasteiger partial charge in [0, 0.05) is 16.0 Å². The number of thioether (sulfide) groups is 1. The number of benzene rings is 4. The van der Waals surface area contributed by atoms with Crippen molar-refractivity contribution in [3.05, 3.63) is 108 Å². The highest BCUT2D eigenvalue weighted by molar-refractivity contribution is 7.99. The Morgan fingerprint density at radius 2 is 1.59 bits per heavy atom. The van der Waals surface area contributed by atoms with E-state index in [-0.39, 0.29) is 0 Å². The van der Waals surface area contributed by atoms with Gasteiger partial charge in [0.15, 0.2) is 0 Å². The van der Waals surface area contributed by atoms with Crippen molar-refractivity contribution < 1.29 is 4.74 Å². The van der Waals surface area contributed by atoms with E-state index < -0.39 is 0 Å². The van der Waals surface area contributed by atoms with Crippen LogP contribution >= 0.6 is 11.8 Å². The third-order valence-corrected chi connectivity index (χ3v) is 7.02. The van der Waals surface area contributed by atoms with Gasteiger partial charge in [-0.25, -0.2) is 4.98 Å². The van der Waals surface area contributed by atoms with Crippen LogP contribution in [-0.4, -0.2) is 10.7 Å². The van der Waals surface area contributed by atoms with Crippen molar-refractivity contribution in [2.75, 3.05) is 5.75 Å². The summed E-state index contributed by atoms with van der Waals surface area (Å²) in [5.74, 6) is 2.78. The molecule has 0 unspecified atom stereocenters. The Balaban J connectivity index is 1.40. The lowest BCUT2D eigenvalue weighted by molar-refractivity contribution is 0.483. The number of nitrogens with zero attached hydrogens (tertiary/aromatic N) is 1. The molecule has 4 aromatic carbocycles. The summed E-state index contributed by atoms with van der Waals surface area (Å²) in [7, 11) is 0. The maximum Gasteiger partial charge on any atom is 0.128 e. The lowest BCUT2D eigenvalue weighted by Gasteiger charge is -2.11. The fraction of sp³-hybridized carbons (Fsp3) is 0.0690. The number of para-hydroxylation sites is 1. The van der Waals surface area contributed by atoms with E-state index >= 15 is 0 Å². The van der Waals surface area contributed by atoms with E-state index in [0.29, 0.717) is 0 Å². The molecule has 154 valence electrons. The molecule has 6 rings (SSSR count). The highest BCUT2D eigenvalue weighted by Gasteiger charge is 2.20. The van der Waals surface area contributed by atoms with Gasteiger partial charge in [-0.15, -0.1) is 11.8 Å². The smallest absolute Gasteiger partial charge is 0.128 e. The fourth-order valence-corrected chi connectivity index (χ4v) is 5.53. The van der Waals surface area contributed by atoms with Crippen LogP contribution in [0.25, 0.3) is 33.8 Å². The first-order valence-corrected chi connectivity index (χ1v) is 11.8. The first kappa shape index (κ1) is 19.1. The number of hydrogen-bond acceptors (Lipinski definition) is 3. The third kappa shape index (κ3) is 3.55. The fourth-order valence-electron chi connectivity index (χ4n) is 4.32. The lowest BCUT2D eigenvalue weighted by Crippen LogP contribution is -1.94. The standard InChI is InChI=1S/C29H21NOS/c1-2-10-22(11-3-1)31-23-14-16-28-26(19-23)29-25(17-18-32-29)27(30-28)15-13-21-9-6-8-20-7-4-5-12-24(20)21/h1-16,19H,17-18H2/b15-13+. The largest absolute Gasteiger partial charge is 0.457 e. The normalized spacial score (nSPS) is 13.1.